The van der Waals surface area contributed by atoms with Gasteiger partial charge >= 0.3 is 0 Å². The fourth-order valence-electron chi connectivity index (χ4n) is 3.42. The summed E-state index contributed by atoms with van der Waals surface area (Å²) in [6, 6.07) is -0.841. The summed E-state index contributed by atoms with van der Waals surface area (Å²) < 4.78 is 0. The number of nitrogens with zero attached hydrogens (tertiary/aromatic N) is 1. The predicted octanol–water partition coefficient (Wildman–Crippen LogP) is 2.29. The quantitative estimate of drug-likeness (QED) is 0.643. The molecule has 146 valence electrons. The largest absolute Gasteiger partial charge is 0.394 e. The molecular weight excluding hydrogens is 332 g/mol. The molecule has 1 unspecified atom stereocenters. The van der Waals surface area contributed by atoms with Gasteiger partial charge in [0.2, 0.25) is 5.91 Å². The predicted molar refractivity (Wildman–Crippen MR) is 99.6 cm³/mol. The lowest BCUT2D eigenvalue weighted by molar-refractivity contribution is -0.124. The minimum Gasteiger partial charge on any atom is -0.394 e. The van der Waals surface area contributed by atoms with Gasteiger partial charge in [-0.25, -0.2) is 4.98 Å². The summed E-state index contributed by atoms with van der Waals surface area (Å²) in [4.78, 5) is 31.0. The molecule has 1 aliphatic rings. The molecule has 1 aromatic heterocycles. The summed E-state index contributed by atoms with van der Waals surface area (Å²) in [6.45, 7) is -0.432. The van der Waals surface area contributed by atoms with Crippen LogP contribution in [-0.4, -0.2) is 45.6 Å². The van der Waals surface area contributed by atoms with Gasteiger partial charge in [-0.15, -0.1) is 0 Å². The minimum atomic E-state index is -0.952. The summed E-state index contributed by atoms with van der Waals surface area (Å²) in [5, 5.41) is 15.1. The molecule has 0 spiro atoms. The average molecular weight is 364 g/mol. The first-order chi connectivity index (χ1) is 12.7. The third kappa shape index (κ3) is 7.15. The molecule has 1 atom stereocenters. The number of aliphatic hydroxyl groups excluding tert-OH is 1. The molecule has 1 fully saturated rings. The van der Waals surface area contributed by atoms with Crippen LogP contribution in [0.15, 0.2) is 12.5 Å². The normalized spacial score (nSPS) is 19.0. The lowest BCUT2D eigenvalue weighted by Crippen LogP contribution is -2.51. The van der Waals surface area contributed by atoms with Gasteiger partial charge < -0.3 is 20.7 Å². The van der Waals surface area contributed by atoms with Crippen molar-refractivity contribution in [2.24, 2.45) is 0 Å². The number of rotatable bonds is 5. The Balaban J connectivity index is 1.85. The van der Waals surface area contributed by atoms with Crippen LogP contribution in [0.25, 0.3) is 0 Å². The Labute approximate surface area is 155 Å². The fraction of sp³-hybridized carbons (Fsp3) is 0.737. The molecule has 0 aromatic carbocycles. The van der Waals surface area contributed by atoms with E-state index in [4.69, 9.17) is 0 Å². The van der Waals surface area contributed by atoms with Crippen molar-refractivity contribution in [1.82, 2.24) is 20.6 Å². The molecule has 0 radical (unpaired) electrons. The van der Waals surface area contributed by atoms with Crippen molar-refractivity contribution in [1.29, 1.82) is 0 Å². The molecule has 26 heavy (non-hydrogen) atoms. The molecular formula is C19H32N4O3. The Morgan fingerprint density at radius 3 is 2.15 bits per heavy atom. The van der Waals surface area contributed by atoms with Crippen LogP contribution >= 0.6 is 0 Å². The van der Waals surface area contributed by atoms with Gasteiger partial charge in [0.25, 0.3) is 5.91 Å². The maximum Gasteiger partial charge on any atom is 0.270 e. The van der Waals surface area contributed by atoms with Crippen LogP contribution in [0.5, 0.6) is 0 Å². The van der Waals surface area contributed by atoms with E-state index in [-0.39, 0.29) is 17.6 Å². The highest BCUT2D eigenvalue weighted by molar-refractivity contribution is 5.96. The third-order valence-electron chi connectivity index (χ3n) is 5.00. The molecule has 2 rings (SSSR count). The summed E-state index contributed by atoms with van der Waals surface area (Å²) in [5.41, 5.74) is 0.266. The van der Waals surface area contributed by atoms with E-state index in [0.717, 1.165) is 25.7 Å². The Kier molecular flexibility index (Phi) is 9.17. The summed E-state index contributed by atoms with van der Waals surface area (Å²) in [5.74, 6) is -0.771. The van der Waals surface area contributed by atoms with Gasteiger partial charge in [-0.2, -0.15) is 0 Å². The van der Waals surface area contributed by atoms with E-state index >= 15 is 0 Å². The monoisotopic (exact) mass is 364 g/mol. The first-order valence-corrected chi connectivity index (χ1v) is 9.91. The first-order valence-electron chi connectivity index (χ1n) is 9.91. The Bertz CT molecular complexity index is 521. The second-order valence-corrected chi connectivity index (χ2v) is 7.14. The summed E-state index contributed by atoms with van der Waals surface area (Å²) in [6.07, 6.45) is 15.8. The summed E-state index contributed by atoms with van der Waals surface area (Å²) in [7, 11) is 0. The van der Waals surface area contributed by atoms with E-state index in [1.54, 1.807) is 0 Å². The lowest BCUT2D eigenvalue weighted by Gasteiger charge is -2.23. The Morgan fingerprint density at radius 2 is 1.65 bits per heavy atom. The van der Waals surface area contributed by atoms with E-state index in [2.05, 4.69) is 20.6 Å². The first kappa shape index (κ1) is 20.4. The van der Waals surface area contributed by atoms with Crippen LogP contribution in [0.2, 0.25) is 0 Å². The number of aliphatic hydroxyl groups is 1. The smallest absolute Gasteiger partial charge is 0.270 e. The molecule has 1 aromatic rings. The zero-order valence-corrected chi connectivity index (χ0v) is 15.5. The van der Waals surface area contributed by atoms with Gasteiger partial charge in [-0.1, -0.05) is 57.8 Å². The number of aromatic amines is 1. The lowest BCUT2D eigenvalue weighted by atomic mass is 9.97. The minimum absolute atomic E-state index is 0.111. The highest BCUT2D eigenvalue weighted by Crippen LogP contribution is 2.17. The fourth-order valence-corrected chi connectivity index (χ4v) is 3.42. The van der Waals surface area contributed by atoms with Crippen LogP contribution in [0.4, 0.5) is 0 Å². The number of hydrogen-bond acceptors (Lipinski definition) is 4. The molecule has 0 aliphatic heterocycles. The molecule has 1 heterocycles. The van der Waals surface area contributed by atoms with Crippen molar-refractivity contribution in [2.45, 2.75) is 82.7 Å². The standard InChI is InChI=1S/C19H32N4O3/c24-13-17(23-18(25)16-12-20-14-21-16)19(26)22-15-10-8-6-4-2-1-3-5-7-9-11-15/h12,14-15,17,24H,1-11,13H2,(H,20,21)(H,22,26)(H,23,25). The molecule has 7 nitrogen and oxygen atoms in total. The maximum atomic E-state index is 12.5. The van der Waals surface area contributed by atoms with Gasteiger partial charge in [-0.3, -0.25) is 9.59 Å². The van der Waals surface area contributed by atoms with Gasteiger partial charge in [0.1, 0.15) is 11.7 Å². The van der Waals surface area contributed by atoms with Gasteiger partial charge in [0, 0.05) is 6.04 Å². The molecule has 0 bridgehead atoms. The number of hydrogen-bond donors (Lipinski definition) is 4. The number of amides is 2. The van der Waals surface area contributed by atoms with Crippen molar-refractivity contribution in [3.05, 3.63) is 18.2 Å². The van der Waals surface area contributed by atoms with E-state index in [0.29, 0.717) is 0 Å². The average Bonchev–Trinajstić information content (AvgIpc) is 3.16. The number of imidazole rings is 1. The molecule has 1 aliphatic carbocycles. The van der Waals surface area contributed by atoms with Crippen molar-refractivity contribution >= 4 is 11.8 Å². The number of carbonyl (C=O) groups is 2. The zero-order valence-electron chi connectivity index (χ0n) is 15.5. The maximum absolute atomic E-state index is 12.5. The third-order valence-corrected chi connectivity index (χ3v) is 5.00. The molecule has 1 saturated carbocycles. The van der Waals surface area contributed by atoms with E-state index in [9.17, 15) is 14.7 Å². The highest BCUT2D eigenvalue weighted by Gasteiger charge is 2.23. The van der Waals surface area contributed by atoms with Crippen molar-refractivity contribution in [3.63, 3.8) is 0 Å². The van der Waals surface area contributed by atoms with Gasteiger partial charge in [0.15, 0.2) is 0 Å². The van der Waals surface area contributed by atoms with Crippen molar-refractivity contribution in [2.75, 3.05) is 6.61 Å². The van der Waals surface area contributed by atoms with E-state index < -0.39 is 18.6 Å². The summed E-state index contributed by atoms with van der Waals surface area (Å²) >= 11 is 0. The SMILES string of the molecule is O=C(NC(CO)C(=O)NC1CCCCCCCCCCC1)c1cnc[nH]1. The highest BCUT2D eigenvalue weighted by atomic mass is 16.3. The zero-order chi connectivity index (χ0) is 18.6. The van der Waals surface area contributed by atoms with Gasteiger partial charge in [0.05, 0.1) is 19.1 Å². The van der Waals surface area contributed by atoms with Crippen LogP contribution in [0.1, 0.15) is 81.1 Å². The Hall–Kier alpha value is -1.89. The van der Waals surface area contributed by atoms with Gasteiger partial charge in [-0.05, 0) is 12.8 Å². The number of H-pyrrole nitrogens is 1. The molecule has 2 amide bonds. The second kappa shape index (κ2) is 11.7. The molecule has 7 heteroatoms. The van der Waals surface area contributed by atoms with Crippen LogP contribution < -0.4 is 10.6 Å². The number of aromatic nitrogens is 2. The topological polar surface area (TPSA) is 107 Å². The van der Waals surface area contributed by atoms with Crippen LogP contribution in [0.3, 0.4) is 0 Å². The van der Waals surface area contributed by atoms with Crippen molar-refractivity contribution in [3.8, 4) is 0 Å². The van der Waals surface area contributed by atoms with Crippen molar-refractivity contribution < 1.29 is 14.7 Å². The van der Waals surface area contributed by atoms with E-state index in [1.165, 1.54) is 57.5 Å². The van der Waals surface area contributed by atoms with Crippen LogP contribution in [-0.2, 0) is 4.79 Å². The molecule has 4 N–H and O–H groups in total. The van der Waals surface area contributed by atoms with E-state index in [1.807, 2.05) is 0 Å². The van der Waals surface area contributed by atoms with Crippen LogP contribution in [0, 0.1) is 0 Å². The number of nitrogens with one attached hydrogen (secondary N) is 3. The Morgan fingerprint density at radius 1 is 1.08 bits per heavy atom. The molecule has 0 saturated heterocycles. The number of carbonyl (C=O) groups excluding carboxylic acids is 2. The second-order valence-electron chi connectivity index (χ2n) is 7.14.